The number of aryl methyl sites for hydroxylation is 1. The van der Waals surface area contributed by atoms with E-state index in [0.717, 1.165) is 12.1 Å². The monoisotopic (exact) mass is 443 g/mol. The van der Waals surface area contributed by atoms with Crippen LogP contribution in [0.3, 0.4) is 0 Å². The molecule has 88 valence electrons. The minimum absolute atomic E-state index is 0. The van der Waals surface area contributed by atoms with Gasteiger partial charge in [0.1, 0.15) is 0 Å². The quantitative estimate of drug-likeness (QED) is 0.482. The average molecular weight is 443 g/mol. The van der Waals surface area contributed by atoms with Gasteiger partial charge in [-0.15, -0.1) is 5.56 Å². The Morgan fingerprint density at radius 1 is 1.38 bits per heavy atom. The molecule has 16 heavy (non-hydrogen) atoms. The zero-order chi connectivity index (χ0) is 11.0. The minimum atomic E-state index is 0. The van der Waals surface area contributed by atoms with Gasteiger partial charge in [0.15, 0.2) is 0 Å². The van der Waals surface area contributed by atoms with Gasteiger partial charge in [-0.25, -0.2) is 0 Å². The van der Waals surface area contributed by atoms with Crippen LogP contribution < -0.4 is 0 Å². The zero-order valence-corrected chi connectivity index (χ0v) is 15.6. The Kier molecular flexibility index (Phi) is 17.3. The molecule has 1 aromatic carbocycles. The van der Waals surface area contributed by atoms with Crippen molar-refractivity contribution in [1.82, 2.24) is 0 Å². The second kappa shape index (κ2) is 13.0. The summed E-state index contributed by atoms with van der Waals surface area (Å²) in [6, 6.07) is 9.20. The third-order valence-corrected chi connectivity index (χ3v) is 1.98. The Bertz CT molecular complexity index is 293. The molecule has 2 heteroatoms. The molecule has 1 nitrogen and oxygen atoms in total. The molecule has 1 aromatic rings. The van der Waals surface area contributed by atoms with Gasteiger partial charge in [0.25, 0.3) is 0 Å². The predicted molar refractivity (Wildman–Crippen MR) is 70.5 cm³/mol. The normalized spacial score (nSPS) is 9.19. The van der Waals surface area contributed by atoms with Crippen molar-refractivity contribution in [2.45, 2.75) is 34.1 Å². The topological polar surface area (TPSA) is 12.4 Å². The molecule has 0 heterocycles. The molecule has 0 unspecified atom stereocenters. The van der Waals surface area contributed by atoms with E-state index in [1.807, 2.05) is 33.0 Å². The summed E-state index contributed by atoms with van der Waals surface area (Å²) in [6.45, 7) is 8.19. The van der Waals surface area contributed by atoms with Crippen LogP contribution in [0.25, 0.3) is 0 Å². The van der Waals surface area contributed by atoms with E-state index in [2.05, 4.69) is 31.0 Å². The smallest absolute Gasteiger partial charge is 0.358 e. The number of aliphatic imine (C=N–C) groups is 1. The van der Waals surface area contributed by atoms with Gasteiger partial charge in [-0.1, -0.05) is 27.7 Å². The molecule has 0 atom stereocenters. The molecule has 0 aliphatic rings. The molecule has 1 rings (SSSR count). The van der Waals surface area contributed by atoms with Crippen molar-refractivity contribution in [1.29, 1.82) is 0 Å². The SMILES string of the molecule is CC.CCC(=NC)c1ccc[c-]c1C.[CH3-].[U+2]. The van der Waals surface area contributed by atoms with Crippen LogP contribution in [0.15, 0.2) is 23.2 Å². The number of benzene rings is 1. The van der Waals surface area contributed by atoms with Crippen LogP contribution in [-0.2, 0) is 0 Å². The van der Waals surface area contributed by atoms with E-state index in [-0.39, 0.29) is 38.5 Å². The van der Waals surface area contributed by atoms with Crippen LogP contribution in [0.4, 0.5) is 0 Å². The molecule has 0 aliphatic carbocycles. The molecule has 0 fully saturated rings. The first-order valence-corrected chi connectivity index (χ1v) is 5.23. The van der Waals surface area contributed by atoms with E-state index in [4.69, 9.17) is 0 Å². The molecule has 0 radical (unpaired) electrons. The van der Waals surface area contributed by atoms with E-state index in [0.29, 0.717) is 0 Å². The number of rotatable bonds is 2. The van der Waals surface area contributed by atoms with E-state index < -0.39 is 0 Å². The van der Waals surface area contributed by atoms with Gasteiger partial charge in [0.2, 0.25) is 0 Å². The molecular formula is C14H23NU. The summed E-state index contributed by atoms with van der Waals surface area (Å²) in [6.07, 6.45) is 0.981. The fourth-order valence-corrected chi connectivity index (χ4v) is 1.30. The van der Waals surface area contributed by atoms with E-state index in [9.17, 15) is 0 Å². The van der Waals surface area contributed by atoms with Crippen LogP contribution in [0.1, 0.15) is 38.3 Å². The van der Waals surface area contributed by atoms with E-state index in [1.165, 1.54) is 11.1 Å². The second-order valence-corrected chi connectivity index (χ2v) is 2.73. The van der Waals surface area contributed by atoms with Gasteiger partial charge in [-0.2, -0.15) is 29.8 Å². The molecule has 0 aromatic heterocycles. The molecule has 0 saturated carbocycles. The minimum Gasteiger partial charge on any atom is -0.358 e. The maximum Gasteiger partial charge on any atom is 2.00 e. The van der Waals surface area contributed by atoms with Gasteiger partial charge in [-0.3, -0.25) is 0 Å². The first kappa shape index (κ1) is 21.2. The number of nitrogens with zero attached hydrogens (tertiary/aromatic N) is 1. The van der Waals surface area contributed by atoms with Crippen molar-refractivity contribution in [3.63, 3.8) is 0 Å². The van der Waals surface area contributed by atoms with Gasteiger partial charge in [0.05, 0.1) is 0 Å². The fraction of sp³-hybridized carbons (Fsp3) is 0.429. The molecule has 0 saturated heterocycles. The Balaban J connectivity index is -0.000000399. The molecule has 0 spiro atoms. The molecular weight excluding hydrogens is 420 g/mol. The summed E-state index contributed by atoms with van der Waals surface area (Å²) in [5.41, 5.74) is 3.56. The largest absolute Gasteiger partial charge is 2.00 e. The van der Waals surface area contributed by atoms with Gasteiger partial charge < -0.3 is 12.4 Å². The summed E-state index contributed by atoms with van der Waals surface area (Å²) in [4.78, 5) is 4.23. The van der Waals surface area contributed by atoms with Crippen LogP contribution in [0, 0.1) is 51.5 Å². The van der Waals surface area contributed by atoms with Crippen molar-refractivity contribution in [3.8, 4) is 0 Å². The van der Waals surface area contributed by atoms with Gasteiger partial charge in [0, 0.05) is 7.05 Å². The Labute approximate surface area is 125 Å². The molecule has 0 N–H and O–H groups in total. The fourth-order valence-electron chi connectivity index (χ4n) is 1.30. The predicted octanol–water partition coefficient (Wildman–Crippen LogP) is 4.10. The Morgan fingerprint density at radius 2 is 1.94 bits per heavy atom. The summed E-state index contributed by atoms with van der Waals surface area (Å²) in [5.74, 6) is 0. The number of hydrogen-bond donors (Lipinski definition) is 0. The standard InChI is InChI=1S/C11H14N.C2H6.CH3.U/c1-4-11(12-3)10-8-6-5-7-9(10)2;1-2;;/h5-6,8H,4H2,1-3H3;1-2H3;1H3;/q-1;;-1;+2. The van der Waals surface area contributed by atoms with Crippen molar-refractivity contribution in [2.24, 2.45) is 4.99 Å². The van der Waals surface area contributed by atoms with Gasteiger partial charge in [-0.05, 0) is 12.1 Å². The van der Waals surface area contributed by atoms with E-state index >= 15 is 0 Å². The number of hydrogen-bond acceptors (Lipinski definition) is 1. The molecule has 0 amide bonds. The molecule has 0 aliphatic heterocycles. The van der Waals surface area contributed by atoms with E-state index in [1.54, 1.807) is 0 Å². The Hall–Kier alpha value is -0.0581. The van der Waals surface area contributed by atoms with Crippen molar-refractivity contribution < 1.29 is 31.1 Å². The van der Waals surface area contributed by atoms with Crippen molar-refractivity contribution in [3.05, 3.63) is 42.8 Å². The summed E-state index contributed by atoms with van der Waals surface area (Å²) >= 11 is 0. The first-order valence-electron chi connectivity index (χ1n) is 5.23. The van der Waals surface area contributed by atoms with Crippen molar-refractivity contribution in [2.75, 3.05) is 7.05 Å². The van der Waals surface area contributed by atoms with Gasteiger partial charge >= 0.3 is 31.1 Å². The van der Waals surface area contributed by atoms with Crippen LogP contribution in [0.2, 0.25) is 0 Å². The second-order valence-electron chi connectivity index (χ2n) is 2.73. The third kappa shape index (κ3) is 6.51. The first-order chi connectivity index (χ1) is 6.79. The van der Waals surface area contributed by atoms with Crippen LogP contribution in [0.5, 0.6) is 0 Å². The zero-order valence-electron chi connectivity index (χ0n) is 11.4. The Morgan fingerprint density at radius 3 is 2.31 bits per heavy atom. The maximum absolute atomic E-state index is 4.23. The summed E-state index contributed by atoms with van der Waals surface area (Å²) in [7, 11) is 1.84. The summed E-state index contributed by atoms with van der Waals surface area (Å²) < 4.78 is 0. The van der Waals surface area contributed by atoms with Crippen molar-refractivity contribution >= 4 is 5.71 Å². The summed E-state index contributed by atoms with van der Waals surface area (Å²) in [5, 5.41) is 0. The van der Waals surface area contributed by atoms with Crippen LogP contribution in [-0.4, -0.2) is 12.8 Å². The molecule has 0 bridgehead atoms. The van der Waals surface area contributed by atoms with Crippen LogP contribution >= 0.6 is 0 Å². The average Bonchev–Trinajstić information content (AvgIpc) is 2.25. The third-order valence-electron chi connectivity index (χ3n) is 1.98. The maximum atomic E-state index is 4.23.